The summed E-state index contributed by atoms with van der Waals surface area (Å²) in [5, 5.41) is 3.89. The number of nitrogens with two attached hydrogens (primary N) is 2. The Balaban J connectivity index is 2.06. The van der Waals surface area contributed by atoms with Crippen molar-refractivity contribution in [2.75, 3.05) is 5.73 Å². The smallest absolute Gasteiger partial charge is 0.237 e. The van der Waals surface area contributed by atoms with Gasteiger partial charge in [0.2, 0.25) is 5.89 Å². The molecule has 6 heteroatoms. The molecule has 0 saturated heterocycles. The van der Waals surface area contributed by atoms with E-state index >= 15 is 0 Å². The number of hydrogen-bond acceptors (Lipinski definition) is 6. The van der Waals surface area contributed by atoms with E-state index in [1.807, 2.05) is 39.0 Å². The third-order valence-electron chi connectivity index (χ3n) is 2.61. The average Bonchev–Trinajstić information content (AvgIpc) is 2.79. The Morgan fingerprint density at radius 3 is 2.74 bits per heavy atom. The summed E-state index contributed by atoms with van der Waals surface area (Å²) in [6, 6.07) is 5.84. The van der Waals surface area contributed by atoms with Gasteiger partial charge in [-0.3, -0.25) is 0 Å². The molecule has 0 saturated carbocycles. The van der Waals surface area contributed by atoms with Crippen LogP contribution in [0.2, 0.25) is 0 Å². The second kappa shape index (κ2) is 5.22. The highest BCUT2D eigenvalue weighted by Gasteiger charge is 2.21. The Hall–Kier alpha value is -1.53. The summed E-state index contributed by atoms with van der Waals surface area (Å²) in [7, 11) is 0. The average molecular weight is 278 g/mol. The van der Waals surface area contributed by atoms with Gasteiger partial charge < -0.3 is 16.0 Å². The molecular formula is C13H18N4OS. The zero-order valence-corrected chi connectivity index (χ0v) is 12.1. The van der Waals surface area contributed by atoms with Crippen LogP contribution >= 0.6 is 11.8 Å². The molecule has 0 aliphatic heterocycles. The lowest BCUT2D eigenvalue weighted by Crippen LogP contribution is -2.30. The number of hydrogen-bond donors (Lipinski definition) is 2. The first kappa shape index (κ1) is 13.9. The standard InChI is InChI=1S/C13H18N4OS/c1-8-4-5-9(14)6-10(8)19-7-11-16-12(17-18-11)13(2,3)15/h4-6H,7,14-15H2,1-3H3. The third kappa shape index (κ3) is 3.48. The van der Waals surface area contributed by atoms with Gasteiger partial charge >= 0.3 is 0 Å². The van der Waals surface area contributed by atoms with Gasteiger partial charge in [0.05, 0.1) is 11.3 Å². The van der Waals surface area contributed by atoms with Crippen molar-refractivity contribution >= 4 is 17.4 Å². The van der Waals surface area contributed by atoms with E-state index in [0.717, 1.165) is 10.6 Å². The molecule has 102 valence electrons. The van der Waals surface area contributed by atoms with Crippen molar-refractivity contribution in [3.63, 3.8) is 0 Å². The second-order valence-corrected chi connectivity index (χ2v) is 6.06. The largest absolute Gasteiger partial charge is 0.399 e. The SMILES string of the molecule is Cc1ccc(N)cc1SCc1nc(C(C)(C)N)no1. The molecule has 5 nitrogen and oxygen atoms in total. The molecule has 0 unspecified atom stereocenters. The predicted octanol–water partition coefficient (Wildman–Crippen LogP) is 2.45. The summed E-state index contributed by atoms with van der Waals surface area (Å²) in [4.78, 5) is 5.41. The number of aromatic nitrogens is 2. The van der Waals surface area contributed by atoms with Crippen LogP contribution in [0.4, 0.5) is 5.69 Å². The first-order valence-corrected chi connectivity index (χ1v) is 6.95. The maximum absolute atomic E-state index is 5.91. The molecule has 1 aromatic carbocycles. The van der Waals surface area contributed by atoms with E-state index < -0.39 is 5.54 Å². The molecule has 1 heterocycles. The normalized spacial score (nSPS) is 11.8. The van der Waals surface area contributed by atoms with Crippen molar-refractivity contribution in [1.82, 2.24) is 10.1 Å². The van der Waals surface area contributed by atoms with E-state index in [1.165, 1.54) is 5.56 Å². The van der Waals surface area contributed by atoms with Crippen LogP contribution in [0.1, 0.15) is 31.1 Å². The van der Waals surface area contributed by atoms with E-state index in [9.17, 15) is 0 Å². The van der Waals surface area contributed by atoms with Crippen molar-refractivity contribution in [2.45, 2.75) is 37.0 Å². The van der Waals surface area contributed by atoms with Gasteiger partial charge in [0, 0.05) is 10.6 Å². The van der Waals surface area contributed by atoms with Crippen LogP contribution in [0, 0.1) is 6.92 Å². The molecule has 0 aliphatic carbocycles. The Labute approximate surface area is 116 Å². The highest BCUT2D eigenvalue weighted by Crippen LogP contribution is 2.27. The zero-order chi connectivity index (χ0) is 14.0. The molecule has 2 rings (SSSR count). The molecule has 4 N–H and O–H groups in total. The summed E-state index contributed by atoms with van der Waals surface area (Å²) < 4.78 is 5.19. The van der Waals surface area contributed by atoms with Gasteiger partial charge in [0.15, 0.2) is 5.82 Å². The molecule has 1 aromatic heterocycles. The first-order chi connectivity index (χ1) is 8.86. The number of anilines is 1. The number of rotatable bonds is 4. The molecule has 0 fully saturated rings. The molecule has 0 amide bonds. The molecule has 0 atom stereocenters. The van der Waals surface area contributed by atoms with E-state index in [0.29, 0.717) is 17.5 Å². The Morgan fingerprint density at radius 1 is 1.37 bits per heavy atom. The predicted molar refractivity (Wildman–Crippen MR) is 76.7 cm³/mol. The Bertz CT molecular complexity index is 574. The van der Waals surface area contributed by atoms with Crippen molar-refractivity contribution < 1.29 is 4.52 Å². The summed E-state index contributed by atoms with van der Waals surface area (Å²) >= 11 is 1.62. The maximum Gasteiger partial charge on any atom is 0.237 e. The van der Waals surface area contributed by atoms with Gasteiger partial charge in [0.25, 0.3) is 0 Å². The van der Waals surface area contributed by atoms with Crippen molar-refractivity contribution in [1.29, 1.82) is 0 Å². The lowest BCUT2D eigenvalue weighted by atomic mass is 10.1. The third-order valence-corrected chi connectivity index (χ3v) is 3.75. The molecule has 19 heavy (non-hydrogen) atoms. The van der Waals surface area contributed by atoms with Crippen LogP contribution in [-0.4, -0.2) is 10.1 Å². The van der Waals surface area contributed by atoms with Crippen LogP contribution in [0.3, 0.4) is 0 Å². The van der Waals surface area contributed by atoms with E-state index in [2.05, 4.69) is 10.1 Å². The van der Waals surface area contributed by atoms with Crippen LogP contribution in [0.15, 0.2) is 27.6 Å². The van der Waals surface area contributed by atoms with Crippen LogP contribution in [0.25, 0.3) is 0 Å². The number of nitrogen functional groups attached to an aromatic ring is 1. The minimum Gasteiger partial charge on any atom is -0.399 e. The van der Waals surface area contributed by atoms with Crippen molar-refractivity contribution in [3.05, 3.63) is 35.5 Å². The van der Waals surface area contributed by atoms with Gasteiger partial charge in [-0.05, 0) is 38.5 Å². The van der Waals surface area contributed by atoms with Crippen LogP contribution < -0.4 is 11.5 Å². The monoisotopic (exact) mass is 278 g/mol. The van der Waals surface area contributed by atoms with Gasteiger partial charge in [0.1, 0.15) is 0 Å². The quantitative estimate of drug-likeness (QED) is 0.659. The molecule has 2 aromatic rings. The van der Waals surface area contributed by atoms with Crippen molar-refractivity contribution in [3.8, 4) is 0 Å². The summed E-state index contributed by atoms with van der Waals surface area (Å²) in [5.41, 5.74) is 13.0. The topological polar surface area (TPSA) is 91.0 Å². The number of benzene rings is 1. The number of thioether (sulfide) groups is 1. The van der Waals surface area contributed by atoms with E-state index in [-0.39, 0.29) is 0 Å². The minimum absolute atomic E-state index is 0.521. The fourth-order valence-electron chi connectivity index (χ4n) is 1.49. The molecule has 0 aliphatic rings. The molecule has 0 bridgehead atoms. The van der Waals surface area contributed by atoms with E-state index in [4.69, 9.17) is 16.0 Å². The summed E-state index contributed by atoms with van der Waals surface area (Å²) in [6.07, 6.45) is 0. The maximum atomic E-state index is 5.91. The lowest BCUT2D eigenvalue weighted by Gasteiger charge is -2.11. The van der Waals surface area contributed by atoms with Crippen LogP contribution in [0.5, 0.6) is 0 Å². The second-order valence-electron chi connectivity index (χ2n) is 5.05. The fraction of sp³-hybridized carbons (Fsp3) is 0.385. The van der Waals surface area contributed by atoms with E-state index in [1.54, 1.807) is 11.8 Å². The highest BCUT2D eigenvalue weighted by atomic mass is 32.2. The van der Waals surface area contributed by atoms with Crippen molar-refractivity contribution in [2.24, 2.45) is 5.73 Å². The molecule has 0 spiro atoms. The molecule has 0 radical (unpaired) electrons. The highest BCUT2D eigenvalue weighted by molar-refractivity contribution is 7.98. The van der Waals surface area contributed by atoms with Crippen LogP contribution in [-0.2, 0) is 11.3 Å². The lowest BCUT2D eigenvalue weighted by molar-refractivity contribution is 0.370. The number of aryl methyl sites for hydroxylation is 1. The summed E-state index contributed by atoms with van der Waals surface area (Å²) in [5.74, 6) is 1.70. The van der Waals surface area contributed by atoms with Gasteiger partial charge in [-0.15, -0.1) is 11.8 Å². The van der Waals surface area contributed by atoms with Gasteiger partial charge in [-0.1, -0.05) is 11.2 Å². The van der Waals surface area contributed by atoms with Gasteiger partial charge in [-0.2, -0.15) is 4.98 Å². The summed E-state index contributed by atoms with van der Waals surface area (Å²) in [6.45, 7) is 5.73. The Kier molecular flexibility index (Phi) is 3.82. The zero-order valence-electron chi connectivity index (χ0n) is 11.3. The number of nitrogens with zero attached hydrogens (tertiary/aromatic N) is 2. The minimum atomic E-state index is -0.584. The first-order valence-electron chi connectivity index (χ1n) is 5.97. The Morgan fingerprint density at radius 2 is 2.11 bits per heavy atom. The van der Waals surface area contributed by atoms with Gasteiger partial charge in [-0.25, -0.2) is 0 Å². The fourth-order valence-corrected chi connectivity index (χ4v) is 2.40. The molecular weight excluding hydrogens is 260 g/mol.